The van der Waals surface area contributed by atoms with Crippen molar-refractivity contribution in [2.24, 2.45) is 5.92 Å². The molecular weight excluding hydrogens is 393 g/mol. The predicted molar refractivity (Wildman–Crippen MR) is 86.0 cm³/mol. The number of thiophene rings is 1. The number of hydrogen-bond acceptors (Lipinski definition) is 3. The van der Waals surface area contributed by atoms with Crippen molar-refractivity contribution in [3.8, 4) is 0 Å². The van der Waals surface area contributed by atoms with Crippen molar-refractivity contribution in [1.82, 2.24) is 4.72 Å². The second kappa shape index (κ2) is 8.20. The van der Waals surface area contributed by atoms with Gasteiger partial charge in [-0.3, -0.25) is 0 Å². The normalized spacial score (nSPS) is 13.7. The van der Waals surface area contributed by atoms with Gasteiger partial charge in [0.25, 0.3) is 0 Å². The van der Waals surface area contributed by atoms with Gasteiger partial charge in [0.05, 0.1) is 8.81 Å². The minimum Gasteiger partial charge on any atom is -0.210 e. The van der Waals surface area contributed by atoms with Gasteiger partial charge in [-0.15, -0.1) is 22.9 Å². The summed E-state index contributed by atoms with van der Waals surface area (Å²) in [7, 11) is -3.48. The molecule has 0 aliphatic heterocycles. The molecule has 0 spiro atoms. The maximum Gasteiger partial charge on any atom is 0.250 e. The van der Waals surface area contributed by atoms with Gasteiger partial charge in [-0.05, 0) is 40.8 Å². The fourth-order valence-electron chi connectivity index (χ4n) is 1.67. The van der Waals surface area contributed by atoms with Gasteiger partial charge in [0.15, 0.2) is 0 Å². The zero-order valence-electron chi connectivity index (χ0n) is 10.5. The van der Waals surface area contributed by atoms with Crippen LogP contribution in [0.5, 0.6) is 0 Å². The molecule has 0 saturated carbocycles. The molecule has 110 valence electrons. The average molecular weight is 409 g/mol. The van der Waals surface area contributed by atoms with Gasteiger partial charge in [-0.25, -0.2) is 13.1 Å². The number of halogens is 3. The van der Waals surface area contributed by atoms with E-state index in [1.165, 1.54) is 6.07 Å². The Kier molecular flexibility index (Phi) is 7.64. The maximum absolute atomic E-state index is 12.1. The van der Waals surface area contributed by atoms with Crippen LogP contribution in [0.1, 0.15) is 26.2 Å². The summed E-state index contributed by atoms with van der Waals surface area (Å²) in [5.74, 6) is 0.819. The zero-order valence-corrected chi connectivity index (χ0v) is 15.2. The summed E-state index contributed by atoms with van der Waals surface area (Å²) in [4.78, 5) is 0. The number of alkyl halides is 1. The first-order valence-electron chi connectivity index (χ1n) is 5.91. The van der Waals surface area contributed by atoms with Crippen LogP contribution < -0.4 is 4.72 Å². The van der Waals surface area contributed by atoms with E-state index in [-0.39, 0.29) is 10.1 Å². The molecule has 1 aromatic rings. The van der Waals surface area contributed by atoms with Crippen molar-refractivity contribution in [3.05, 3.63) is 14.9 Å². The quantitative estimate of drug-likeness (QED) is 0.644. The first kappa shape index (κ1) is 17.7. The Bertz CT molecular complexity index is 479. The third-order valence-corrected chi connectivity index (χ3v) is 7.25. The van der Waals surface area contributed by atoms with Crippen molar-refractivity contribution in [1.29, 1.82) is 0 Å². The molecule has 0 bridgehead atoms. The fraction of sp³-hybridized carbons (Fsp3) is 0.636. The van der Waals surface area contributed by atoms with Crippen LogP contribution in [0.2, 0.25) is 5.02 Å². The second-order valence-electron chi connectivity index (χ2n) is 4.17. The van der Waals surface area contributed by atoms with E-state index in [2.05, 4.69) is 27.6 Å². The first-order valence-corrected chi connectivity index (χ1v) is 9.91. The van der Waals surface area contributed by atoms with Gasteiger partial charge in [0, 0.05) is 12.4 Å². The lowest BCUT2D eigenvalue weighted by Crippen LogP contribution is -2.29. The summed E-state index contributed by atoms with van der Waals surface area (Å²) in [6.45, 7) is 2.49. The Labute approximate surface area is 136 Å². The Morgan fingerprint density at radius 1 is 1.47 bits per heavy atom. The molecule has 1 heterocycles. The van der Waals surface area contributed by atoms with Crippen LogP contribution in [-0.4, -0.2) is 20.8 Å². The Balaban J connectivity index is 2.68. The molecule has 19 heavy (non-hydrogen) atoms. The zero-order chi connectivity index (χ0) is 14.5. The van der Waals surface area contributed by atoms with E-state index in [0.29, 0.717) is 21.2 Å². The molecule has 0 fully saturated rings. The highest BCUT2D eigenvalue weighted by Crippen LogP contribution is 2.34. The van der Waals surface area contributed by atoms with Gasteiger partial charge >= 0.3 is 0 Å². The molecule has 1 aromatic heterocycles. The molecule has 0 amide bonds. The molecule has 1 atom stereocenters. The van der Waals surface area contributed by atoms with Crippen molar-refractivity contribution in [2.75, 3.05) is 12.4 Å². The minimum absolute atomic E-state index is 0.227. The van der Waals surface area contributed by atoms with Crippen LogP contribution in [0.25, 0.3) is 0 Å². The van der Waals surface area contributed by atoms with Crippen LogP contribution in [0, 0.1) is 5.92 Å². The predicted octanol–water partition coefficient (Wildman–Crippen LogP) is 4.49. The number of sulfonamides is 1. The van der Waals surface area contributed by atoms with Crippen molar-refractivity contribution < 1.29 is 8.42 Å². The Morgan fingerprint density at radius 2 is 2.16 bits per heavy atom. The molecular formula is C11H16BrCl2NO2S2. The molecule has 0 saturated heterocycles. The fourth-order valence-corrected chi connectivity index (χ4v) is 5.54. The molecule has 1 rings (SSSR count). The van der Waals surface area contributed by atoms with Gasteiger partial charge in [0.1, 0.15) is 4.21 Å². The second-order valence-corrected chi connectivity index (χ2v) is 9.32. The molecule has 0 aromatic carbocycles. The summed E-state index contributed by atoms with van der Waals surface area (Å²) in [6, 6.07) is 1.45. The third kappa shape index (κ3) is 5.52. The van der Waals surface area contributed by atoms with Gasteiger partial charge in [-0.1, -0.05) is 24.9 Å². The van der Waals surface area contributed by atoms with Crippen LogP contribution in [0.3, 0.4) is 0 Å². The Hall–Kier alpha value is 0.670. The summed E-state index contributed by atoms with van der Waals surface area (Å²) < 4.78 is 27.7. The van der Waals surface area contributed by atoms with Gasteiger partial charge in [-0.2, -0.15) is 0 Å². The van der Waals surface area contributed by atoms with E-state index in [1.807, 2.05) is 0 Å². The number of nitrogens with one attached hydrogen (secondary N) is 1. The van der Waals surface area contributed by atoms with E-state index in [1.54, 1.807) is 0 Å². The summed E-state index contributed by atoms with van der Waals surface area (Å²) in [6.07, 6.45) is 2.79. The Morgan fingerprint density at radius 3 is 2.63 bits per heavy atom. The lowest BCUT2D eigenvalue weighted by molar-refractivity contribution is 0.457. The molecule has 0 aliphatic carbocycles. The molecule has 3 nitrogen and oxygen atoms in total. The SMILES string of the molecule is CCCC(CCCl)CNS(=O)(=O)c1cc(Cl)c(Br)s1. The molecule has 1 unspecified atom stereocenters. The van der Waals surface area contributed by atoms with E-state index in [4.69, 9.17) is 23.2 Å². The summed E-state index contributed by atoms with van der Waals surface area (Å²) in [5.41, 5.74) is 0. The lowest BCUT2D eigenvalue weighted by Gasteiger charge is -2.15. The standard InChI is InChI=1S/C11H16BrCl2NO2S2/c1-2-3-8(4-5-13)7-15-19(16,17)10-6-9(14)11(12)18-10/h6,8,15H,2-5,7H2,1H3. The first-order chi connectivity index (χ1) is 8.90. The van der Waals surface area contributed by atoms with E-state index in [0.717, 1.165) is 30.6 Å². The van der Waals surface area contributed by atoms with Gasteiger partial charge < -0.3 is 0 Å². The van der Waals surface area contributed by atoms with Crippen molar-refractivity contribution in [3.63, 3.8) is 0 Å². The highest BCUT2D eigenvalue weighted by Gasteiger charge is 2.20. The molecule has 0 aliphatic rings. The third-order valence-electron chi connectivity index (χ3n) is 2.66. The minimum atomic E-state index is -3.48. The van der Waals surface area contributed by atoms with Crippen LogP contribution in [0.4, 0.5) is 0 Å². The van der Waals surface area contributed by atoms with Gasteiger partial charge in [0.2, 0.25) is 10.0 Å². The summed E-state index contributed by atoms with van der Waals surface area (Å²) in [5, 5.41) is 0.413. The largest absolute Gasteiger partial charge is 0.250 e. The topological polar surface area (TPSA) is 46.2 Å². The van der Waals surface area contributed by atoms with E-state index < -0.39 is 10.0 Å². The summed E-state index contributed by atoms with van der Waals surface area (Å²) >= 11 is 15.9. The highest BCUT2D eigenvalue weighted by molar-refractivity contribution is 9.11. The molecule has 1 N–H and O–H groups in total. The monoisotopic (exact) mass is 407 g/mol. The van der Waals surface area contributed by atoms with Crippen LogP contribution in [-0.2, 0) is 10.0 Å². The van der Waals surface area contributed by atoms with Crippen molar-refractivity contribution >= 4 is 60.5 Å². The smallest absolute Gasteiger partial charge is 0.210 e. The molecule has 0 radical (unpaired) electrons. The van der Waals surface area contributed by atoms with E-state index >= 15 is 0 Å². The number of rotatable bonds is 8. The van der Waals surface area contributed by atoms with Crippen LogP contribution >= 0.6 is 50.5 Å². The highest BCUT2D eigenvalue weighted by atomic mass is 79.9. The molecule has 8 heteroatoms. The average Bonchev–Trinajstić information content (AvgIpc) is 2.68. The van der Waals surface area contributed by atoms with Crippen LogP contribution in [0.15, 0.2) is 14.1 Å². The maximum atomic E-state index is 12.1. The lowest BCUT2D eigenvalue weighted by atomic mass is 10.0. The number of hydrogen-bond donors (Lipinski definition) is 1. The van der Waals surface area contributed by atoms with E-state index in [9.17, 15) is 8.42 Å². The van der Waals surface area contributed by atoms with Crippen molar-refractivity contribution in [2.45, 2.75) is 30.4 Å².